The average molecular weight is 729 g/mol. The Morgan fingerprint density at radius 1 is 0.491 bits per heavy atom. The third-order valence-corrected chi connectivity index (χ3v) is 11.0. The van der Waals surface area contributed by atoms with E-state index in [9.17, 15) is 20.4 Å². The van der Waals surface area contributed by atoms with Crippen molar-refractivity contribution in [1.29, 1.82) is 0 Å². The normalized spacial score (nSPS) is 16.4. The van der Waals surface area contributed by atoms with E-state index >= 15 is 0 Å². The van der Waals surface area contributed by atoms with Gasteiger partial charge in [-0.25, -0.2) is 0 Å². The molecule has 0 saturated heterocycles. The van der Waals surface area contributed by atoms with Gasteiger partial charge in [-0.1, -0.05) is 36.4 Å². The fourth-order valence-corrected chi connectivity index (χ4v) is 7.64. The van der Waals surface area contributed by atoms with Crippen LogP contribution in [0.25, 0.3) is 0 Å². The Morgan fingerprint density at radius 2 is 0.891 bits per heavy atom. The molecule has 0 aromatic heterocycles. The lowest BCUT2D eigenvalue weighted by Gasteiger charge is -2.23. The molecule has 0 bridgehead atoms. The minimum absolute atomic E-state index is 0.157. The average Bonchev–Trinajstić information content (AvgIpc) is 3.45. The van der Waals surface area contributed by atoms with Crippen molar-refractivity contribution in [3.05, 3.63) is 165 Å². The number of nitrogens with one attached hydrogen (secondary N) is 2. The van der Waals surface area contributed by atoms with Crippen molar-refractivity contribution in [2.75, 3.05) is 10.6 Å². The molecular formula is C47H44N4O4. The van der Waals surface area contributed by atoms with Gasteiger partial charge in [0.05, 0.1) is 46.3 Å². The summed E-state index contributed by atoms with van der Waals surface area (Å²) in [6.07, 6.45) is 1.41. The summed E-state index contributed by atoms with van der Waals surface area (Å²) in [6.45, 7) is 8.26. The number of hydrogen-bond donors (Lipinski definition) is 6. The topological polar surface area (TPSA) is 130 Å². The Kier molecular flexibility index (Phi) is 9.27. The first-order valence-corrected chi connectivity index (χ1v) is 18.6. The van der Waals surface area contributed by atoms with E-state index in [1.165, 1.54) is 0 Å². The van der Waals surface area contributed by atoms with E-state index in [4.69, 9.17) is 9.98 Å². The maximum Gasteiger partial charge on any atom is 0.124 e. The number of hydrogen-bond acceptors (Lipinski definition) is 8. The van der Waals surface area contributed by atoms with Crippen LogP contribution in [0.4, 0.5) is 22.7 Å². The van der Waals surface area contributed by atoms with Crippen molar-refractivity contribution in [2.24, 2.45) is 9.98 Å². The van der Waals surface area contributed by atoms with Crippen LogP contribution in [0.1, 0.15) is 80.6 Å². The summed E-state index contributed by atoms with van der Waals surface area (Å²) >= 11 is 0. The summed E-state index contributed by atoms with van der Waals surface area (Å²) in [7, 11) is 0. The number of aliphatic imine (C=N–C) groups is 2. The van der Waals surface area contributed by atoms with E-state index in [2.05, 4.69) is 62.6 Å². The molecule has 8 nitrogen and oxygen atoms in total. The zero-order valence-corrected chi connectivity index (χ0v) is 31.4. The van der Waals surface area contributed by atoms with Crippen molar-refractivity contribution >= 4 is 34.2 Å². The number of aryl methyl sites for hydroxylation is 4. The Labute approximate surface area is 321 Å². The Morgan fingerprint density at radius 3 is 1.31 bits per heavy atom. The highest BCUT2D eigenvalue weighted by Gasteiger charge is 2.27. The summed E-state index contributed by atoms with van der Waals surface area (Å²) in [5, 5.41) is 51.7. The van der Waals surface area contributed by atoms with Crippen LogP contribution in [0, 0.1) is 27.7 Å². The predicted molar refractivity (Wildman–Crippen MR) is 221 cm³/mol. The molecule has 6 aromatic rings. The van der Waals surface area contributed by atoms with Gasteiger partial charge in [-0.3, -0.25) is 9.98 Å². The molecular weight excluding hydrogens is 685 g/mol. The Bertz CT molecular complexity index is 2360. The smallest absolute Gasteiger partial charge is 0.124 e. The first-order chi connectivity index (χ1) is 26.5. The number of fused-ring (bicyclic) bond motifs is 2. The SMILES string of the molecule is Cc1cc2c(cc1C)NC(c1cc(Cc3ccc(O)c(C4CC(c5ccccc5O)=Nc5cc(C)c(C)cc5N4)c3)ccc1O)CC(c1ccccc1O)=N2. The van der Waals surface area contributed by atoms with E-state index in [1.54, 1.807) is 36.4 Å². The van der Waals surface area contributed by atoms with Crippen molar-refractivity contribution in [3.8, 4) is 23.0 Å². The van der Waals surface area contributed by atoms with E-state index in [0.717, 1.165) is 78.7 Å². The van der Waals surface area contributed by atoms with Gasteiger partial charge in [-0.15, -0.1) is 0 Å². The number of rotatable bonds is 6. The molecule has 0 amide bonds. The molecule has 2 heterocycles. The monoisotopic (exact) mass is 728 g/mol. The van der Waals surface area contributed by atoms with Crippen LogP contribution >= 0.6 is 0 Å². The van der Waals surface area contributed by atoms with Gasteiger partial charge in [-0.2, -0.15) is 0 Å². The Balaban J connectivity index is 1.13. The first kappa shape index (κ1) is 35.5. The van der Waals surface area contributed by atoms with Crippen LogP contribution in [-0.2, 0) is 6.42 Å². The van der Waals surface area contributed by atoms with E-state index in [-0.39, 0.29) is 35.1 Å². The van der Waals surface area contributed by atoms with Crippen LogP contribution < -0.4 is 10.6 Å². The van der Waals surface area contributed by atoms with Gasteiger partial charge in [0, 0.05) is 35.1 Å². The number of benzene rings is 6. The molecule has 6 N–H and O–H groups in total. The number of phenols is 4. The van der Waals surface area contributed by atoms with Crippen LogP contribution in [0.3, 0.4) is 0 Å². The fraction of sp³-hybridized carbons (Fsp3) is 0.191. The van der Waals surface area contributed by atoms with Gasteiger partial charge >= 0.3 is 0 Å². The molecule has 0 radical (unpaired) electrons. The van der Waals surface area contributed by atoms with Gasteiger partial charge < -0.3 is 31.1 Å². The predicted octanol–water partition coefficient (Wildman–Crippen LogP) is 10.7. The number of anilines is 2. The molecule has 2 aliphatic heterocycles. The first-order valence-electron chi connectivity index (χ1n) is 18.6. The van der Waals surface area contributed by atoms with Crippen LogP contribution in [0.15, 0.2) is 119 Å². The van der Waals surface area contributed by atoms with Crippen LogP contribution in [-0.4, -0.2) is 31.8 Å². The second-order valence-corrected chi connectivity index (χ2v) is 14.8. The van der Waals surface area contributed by atoms with Gasteiger partial charge in [0.2, 0.25) is 0 Å². The van der Waals surface area contributed by atoms with E-state index in [1.807, 2.05) is 48.5 Å². The van der Waals surface area contributed by atoms with Crippen LogP contribution in [0.5, 0.6) is 23.0 Å². The molecule has 0 aliphatic carbocycles. The second kappa shape index (κ2) is 14.4. The molecule has 6 aromatic carbocycles. The molecule has 8 rings (SSSR count). The van der Waals surface area contributed by atoms with E-state index < -0.39 is 0 Å². The summed E-state index contributed by atoms with van der Waals surface area (Å²) < 4.78 is 0. The molecule has 0 saturated carbocycles. The van der Waals surface area contributed by atoms with Gasteiger partial charge in [0.1, 0.15) is 23.0 Å². The van der Waals surface area contributed by atoms with Crippen LogP contribution in [0.2, 0.25) is 0 Å². The lowest BCUT2D eigenvalue weighted by molar-refractivity contribution is 0.463. The summed E-state index contributed by atoms with van der Waals surface area (Å²) in [6, 6.07) is 33.4. The molecule has 0 spiro atoms. The lowest BCUT2D eigenvalue weighted by Crippen LogP contribution is -2.15. The summed E-state index contributed by atoms with van der Waals surface area (Å²) in [5.41, 5.74) is 14.0. The summed E-state index contributed by atoms with van der Waals surface area (Å²) in [5.74, 6) is 0.646. The minimum Gasteiger partial charge on any atom is -0.508 e. The van der Waals surface area contributed by atoms with Crippen molar-refractivity contribution in [2.45, 2.75) is 59.0 Å². The lowest BCUT2D eigenvalue weighted by atomic mass is 9.92. The van der Waals surface area contributed by atoms with Gasteiger partial charge in [-0.05, 0) is 140 Å². The molecule has 2 atom stereocenters. The van der Waals surface area contributed by atoms with Crippen molar-refractivity contribution in [3.63, 3.8) is 0 Å². The number of nitrogens with zero attached hydrogens (tertiary/aromatic N) is 2. The minimum atomic E-state index is -0.341. The second-order valence-electron chi connectivity index (χ2n) is 14.8. The molecule has 2 aliphatic rings. The maximum absolute atomic E-state index is 11.3. The highest BCUT2D eigenvalue weighted by Crippen LogP contribution is 2.43. The summed E-state index contributed by atoms with van der Waals surface area (Å²) in [4.78, 5) is 10.1. The Hall–Kier alpha value is -6.54. The van der Waals surface area contributed by atoms with Crippen molar-refractivity contribution < 1.29 is 20.4 Å². The maximum atomic E-state index is 11.3. The molecule has 8 heteroatoms. The fourth-order valence-electron chi connectivity index (χ4n) is 7.64. The molecule has 2 unspecified atom stereocenters. The largest absolute Gasteiger partial charge is 0.508 e. The molecule has 55 heavy (non-hydrogen) atoms. The van der Waals surface area contributed by atoms with E-state index in [0.29, 0.717) is 30.4 Å². The van der Waals surface area contributed by atoms with Gasteiger partial charge in [0.25, 0.3) is 0 Å². The number of aromatic hydroxyl groups is 4. The molecule has 276 valence electrons. The standard InChI is InChI=1S/C47H44N4O4/c1-26-17-40-42(19-28(26)3)50-38(24-36(48-40)32-9-5-7-11-44(32)52)34-22-30(13-15-46(34)54)21-31-14-16-47(55)35(23-31)39-25-37(33-10-6-8-12-45(33)53)49-41-18-27(2)29(4)20-43(41)51-39/h5-20,22-23,38-39,50-55H,21,24-25H2,1-4H3. The zero-order valence-electron chi connectivity index (χ0n) is 31.4. The number of phenolic OH excluding ortho intramolecular Hbond substituents is 4. The third kappa shape index (κ3) is 7.11. The molecule has 0 fully saturated rings. The number of para-hydroxylation sites is 2. The zero-order chi connectivity index (χ0) is 38.4. The van der Waals surface area contributed by atoms with Gasteiger partial charge in [0.15, 0.2) is 0 Å². The highest BCUT2D eigenvalue weighted by molar-refractivity contribution is 6.07. The van der Waals surface area contributed by atoms with Crippen molar-refractivity contribution in [1.82, 2.24) is 0 Å². The quantitative estimate of drug-likeness (QED) is 0.101. The third-order valence-electron chi connectivity index (χ3n) is 11.0. The highest BCUT2D eigenvalue weighted by atomic mass is 16.3.